The Morgan fingerprint density at radius 1 is 1.17 bits per heavy atom. The maximum absolute atomic E-state index is 12.0. The van der Waals surface area contributed by atoms with E-state index in [1.807, 2.05) is 30.3 Å². The second kappa shape index (κ2) is 5.81. The maximum atomic E-state index is 12.0. The molecule has 0 aliphatic carbocycles. The van der Waals surface area contributed by atoms with Crippen molar-refractivity contribution in [2.24, 2.45) is 0 Å². The number of hydrogen-bond acceptors (Lipinski definition) is 3. The Morgan fingerprint density at radius 2 is 1.89 bits per heavy atom. The van der Waals surface area contributed by atoms with Gasteiger partial charge in [-0.15, -0.1) is 0 Å². The molecule has 0 spiro atoms. The summed E-state index contributed by atoms with van der Waals surface area (Å²) in [5.74, 6) is -0.215. The van der Waals surface area contributed by atoms with E-state index >= 15 is 0 Å². The molecular formula is C13H12IN3O. The number of halogens is 1. The van der Waals surface area contributed by atoms with Crippen molar-refractivity contribution in [3.8, 4) is 0 Å². The van der Waals surface area contributed by atoms with Crippen molar-refractivity contribution < 1.29 is 4.79 Å². The average molecular weight is 353 g/mol. The SMILES string of the molecule is CNc1ccnc(C(=O)Nc2ccc(I)cc2)c1. The molecule has 0 fully saturated rings. The highest BCUT2D eigenvalue weighted by Gasteiger charge is 2.07. The Morgan fingerprint density at radius 3 is 2.56 bits per heavy atom. The summed E-state index contributed by atoms with van der Waals surface area (Å²) in [7, 11) is 1.80. The molecule has 0 atom stereocenters. The standard InChI is InChI=1S/C13H12IN3O/c1-15-11-6-7-16-12(8-11)13(18)17-10-4-2-9(14)3-5-10/h2-8H,1H3,(H,15,16)(H,17,18). The Bertz CT molecular complexity index is 554. The molecule has 0 aliphatic heterocycles. The van der Waals surface area contributed by atoms with Crippen LogP contribution in [0, 0.1) is 3.57 Å². The predicted octanol–water partition coefficient (Wildman–Crippen LogP) is 2.98. The van der Waals surface area contributed by atoms with Gasteiger partial charge in [0.2, 0.25) is 0 Å². The lowest BCUT2D eigenvalue weighted by Crippen LogP contribution is -2.13. The van der Waals surface area contributed by atoms with Gasteiger partial charge in [-0.1, -0.05) is 0 Å². The molecule has 0 radical (unpaired) electrons. The van der Waals surface area contributed by atoms with Crippen molar-refractivity contribution in [2.75, 3.05) is 17.7 Å². The highest BCUT2D eigenvalue weighted by molar-refractivity contribution is 14.1. The van der Waals surface area contributed by atoms with E-state index in [-0.39, 0.29) is 5.91 Å². The van der Waals surface area contributed by atoms with Crippen molar-refractivity contribution in [2.45, 2.75) is 0 Å². The number of nitrogens with one attached hydrogen (secondary N) is 2. The van der Waals surface area contributed by atoms with E-state index < -0.39 is 0 Å². The summed E-state index contributed by atoms with van der Waals surface area (Å²) < 4.78 is 1.13. The maximum Gasteiger partial charge on any atom is 0.274 e. The lowest BCUT2D eigenvalue weighted by atomic mass is 10.2. The number of hydrogen-bond donors (Lipinski definition) is 2. The largest absolute Gasteiger partial charge is 0.388 e. The van der Waals surface area contributed by atoms with Gasteiger partial charge in [0.1, 0.15) is 5.69 Å². The summed E-state index contributed by atoms with van der Waals surface area (Å²) in [5.41, 5.74) is 2.01. The molecule has 5 heteroatoms. The molecule has 1 aromatic heterocycles. The molecule has 2 N–H and O–H groups in total. The molecule has 0 saturated carbocycles. The third-order valence-corrected chi connectivity index (χ3v) is 3.10. The summed E-state index contributed by atoms with van der Waals surface area (Å²) in [6.07, 6.45) is 1.61. The number of pyridine rings is 1. The van der Waals surface area contributed by atoms with Crippen LogP contribution >= 0.6 is 22.6 Å². The smallest absolute Gasteiger partial charge is 0.274 e. The number of aromatic nitrogens is 1. The van der Waals surface area contributed by atoms with Gasteiger partial charge < -0.3 is 10.6 Å². The Kier molecular flexibility index (Phi) is 4.14. The first kappa shape index (κ1) is 12.8. The fourth-order valence-electron chi connectivity index (χ4n) is 1.44. The molecule has 92 valence electrons. The fraction of sp³-hybridized carbons (Fsp3) is 0.0769. The van der Waals surface area contributed by atoms with Crippen LogP contribution in [0.15, 0.2) is 42.6 Å². The van der Waals surface area contributed by atoms with E-state index in [4.69, 9.17) is 0 Å². The minimum atomic E-state index is -0.215. The van der Waals surface area contributed by atoms with Crippen molar-refractivity contribution in [3.63, 3.8) is 0 Å². The molecule has 0 saturated heterocycles. The van der Waals surface area contributed by atoms with E-state index in [9.17, 15) is 4.79 Å². The summed E-state index contributed by atoms with van der Waals surface area (Å²) in [6.45, 7) is 0. The third-order valence-electron chi connectivity index (χ3n) is 2.38. The normalized spacial score (nSPS) is 9.89. The molecule has 4 nitrogen and oxygen atoms in total. The Labute approximate surface area is 119 Å². The number of benzene rings is 1. The van der Waals surface area contributed by atoms with Crippen LogP contribution in [-0.2, 0) is 0 Å². The van der Waals surface area contributed by atoms with Gasteiger partial charge in [-0.3, -0.25) is 9.78 Å². The average Bonchev–Trinajstić information content (AvgIpc) is 2.41. The molecule has 2 aromatic rings. The molecular weight excluding hydrogens is 341 g/mol. The number of rotatable bonds is 3. The fourth-order valence-corrected chi connectivity index (χ4v) is 1.80. The van der Waals surface area contributed by atoms with Crippen molar-refractivity contribution >= 4 is 39.9 Å². The third kappa shape index (κ3) is 3.19. The van der Waals surface area contributed by atoms with E-state index in [0.29, 0.717) is 5.69 Å². The zero-order valence-corrected chi connectivity index (χ0v) is 11.9. The molecule has 1 heterocycles. The molecule has 0 unspecified atom stereocenters. The zero-order chi connectivity index (χ0) is 13.0. The highest BCUT2D eigenvalue weighted by atomic mass is 127. The van der Waals surface area contributed by atoms with E-state index in [0.717, 1.165) is 14.9 Å². The van der Waals surface area contributed by atoms with Crippen LogP contribution in [0.2, 0.25) is 0 Å². The minimum Gasteiger partial charge on any atom is -0.388 e. The van der Waals surface area contributed by atoms with Gasteiger partial charge in [0, 0.05) is 28.2 Å². The van der Waals surface area contributed by atoms with Crippen molar-refractivity contribution in [1.82, 2.24) is 4.98 Å². The summed E-state index contributed by atoms with van der Waals surface area (Å²) >= 11 is 2.22. The first-order chi connectivity index (χ1) is 8.69. The van der Waals surface area contributed by atoms with Crippen molar-refractivity contribution in [1.29, 1.82) is 0 Å². The first-order valence-corrected chi connectivity index (χ1v) is 6.47. The van der Waals surface area contributed by atoms with E-state index in [1.165, 1.54) is 0 Å². The molecule has 0 bridgehead atoms. The summed E-state index contributed by atoms with van der Waals surface area (Å²) in [5, 5.41) is 5.78. The summed E-state index contributed by atoms with van der Waals surface area (Å²) in [4.78, 5) is 16.0. The van der Waals surface area contributed by atoms with Crippen LogP contribution in [-0.4, -0.2) is 17.9 Å². The quantitative estimate of drug-likeness (QED) is 0.835. The number of carbonyl (C=O) groups excluding carboxylic acids is 1. The van der Waals surface area contributed by atoms with Crippen LogP contribution in [0.3, 0.4) is 0 Å². The lowest BCUT2D eigenvalue weighted by molar-refractivity contribution is 0.102. The van der Waals surface area contributed by atoms with Crippen LogP contribution in [0.1, 0.15) is 10.5 Å². The van der Waals surface area contributed by atoms with Crippen LogP contribution in [0.25, 0.3) is 0 Å². The molecule has 1 amide bonds. The van der Waals surface area contributed by atoms with Gasteiger partial charge >= 0.3 is 0 Å². The molecule has 0 aliphatic rings. The first-order valence-electron chi connectivity index (χ1n) is 5.40. The highest BCUT2D eigenvalue weighted by Crippen LogP contribution is 2.13. The number of anilines is 2. The van der Waals surface area contributed by atoms with E-state index in [1.54, 1.807) is 19.3 Å². The van der Waals surface area contributed by atoms with E-state index in [2.05, 4.69) is 38.2 Å². The lowest BCUT2D eigenvalue weighted by Gasteiger charge is -2.06. The molecule has 1 aromatic carbocycles. The second-order valence-electron chi connectivity index (χ2n) is 3.64. The Balaban J connectivity index is 2.14. The second-order valence-corrected chi connectivity index (χ2v) is 4.89. The summed E-state index contributed by atoms with van der Waals surface area (Å²) in [6, 6.07) is 11.1. The predicted molar refractivity (Wildman–Crippen MR) is 80.9 cm³/mol. The van der Waals surface area contributed by atoms with Gasteiger partial charge in [0.25, 0.3) is 5.91 Å². The van der Waals surface area contributed by atoms with Gasteiger partial charge in [0.05, 0.1) is 0 Å². The van der Waals surface area contributed by atoms with Gasteiger partial charge in [-0.2, -0.15) is 0 Å². The molecule has 18 heavy (non-hydrogen) atoms. The van der Waals surface area contributed by atoms with Crippen molar-refractivity contribution in [3.05, 3.63) is 51.9 Å². The van der Waals surface area contributed by atoms with Crippen LogP contribution in [0.5, 0.6) is 0 Å². The molecule has 2 rings (SSSR count). The van der Waals surface area contributed by atoms with Gasteiger partial charge in [0.15, 0.2) is 0 Å². The minimum absolute atomic E-state index is 0.215. The van der Waals surface area contributed by atoms with Crippen LogP contribution < -0.4 is 10.6 Å². The van der Waals surface area contributed by atoms with Gasteiger partial charge in [-0.25, -0.2) is 0 Å². The topological polar surface area (TPSA) is 54.0 Å². The monoisotopic (exact) mass is 353 g/mol. The van der Waals surface area contributed by atoms with Crippen LogP contribution in [0.4, 0.5) is 11.4 Å². The van der Waals surface area contributed by atoms with Gasteiger partial charge in [-0.05, 0) is 59.0 Å². The Hall–Kier alpha value is -1.63. The number of carbonyl (C=O) groups is 1. The number of amides is 1. The number of nitrogens with zero attached hydrogens (tertiary/aromatic N) is 1. The zero-order valence-electron chi connectivity index (χ0n) is 9.77.